The number of ketones is 2. The first-order valence-electron chi connectivity index (χ1n) is 12.9. The third-order valence-corrected chi connectivity index (χ3v) is 6.90. The molecule has 0 bridgehead atoms. The standard InChI is InChI=1S/C31H30F3NO5S/c1-19(2)16-20-6-8-22(9-7-20)29(39)26(18-27(36)24-4-3-5-25(17-24)41-31(32,33)34)21-10-12-23(13-11-21)30(40)35-15-14-28(37)38/h3-13,17,19,26H,14-16,18H2,1-2H3,(H,35,40)(H,37,38). The van der Waals surface area contributed by atoms with Crippen LogP contribution in [0.5, 0.6) is 0 Å². The normalized spacial score (nSPS) is 12.1. The van der Waals surface area contributed by atoms with E-state index in [1.165, 1.54) is 30.3 Å². The minimum atomic E-state index is -4.51. The Labute approximate surface area is 240 Å². The van der Waals surface area contributed by atoms with Crippen LogP contribution in [0.4, 0.5) is 13.2 Å². The number of carboxylic acid groups (broad SMARTS) is 1. The van der Waals surface area contributed by atoms with E-state index < -0.39 is 29.1 Å². The van der Waals surface area contributed by atoms with E-state index in [-0.39, 0.29) is 53.0 Å². The lowest BCUT2D eigenvalue weighted by atomic mass is 9.84. The van der Waals surface area contributed by atoms with Gasteiger partial charge in [0.2, 0.25) is 0 Å². The summed E-state index contributed by atoms with van der Waals surface area (Å²) in [6.45, 7) is 4.11. The van der Waals surface area contributed by atoms with Gasteiger partial charge < -0.3 is 10.4 Å². The van der Waals surface area contributed by atoms with Crippen LogP contribution in [-0.2, 0) is 11.2 Å². The number of aliphatic carboxylic acids is 1. The Bertz CT molecular complexity index is 1390. The highest BCUT2D eigenvalue weighted by Crippen LogP contribution is 2.37. The zero-order valence-corrected chi connectivity index (χ0v) is 23.4. The number of hydrogen-bond acceptors (Lipinski definition) is 5. The van der Waals surface area contributed by atoms with Crippen LogP contribution in [0.3, 0.4) is 0 Å². The maximum atomic E-state index is 13.7. The molecule has 0 heterocycles. The lowest BCUT2D eigenvalue weighted by molar-refractivity contribution is -0.136. The molecular formula is C31H30F3NO5S. The average molecular weight is 586 g/mol. The van der Waals surface area contributed by atoms with Crippen LogP contribution >= 0.6 is 11.8 Å². The largest absolute Gasteiger partial charge is 0.481 e. The number of thioether (sulfide) groups is 1. The van der Waals surface area contributed by atoms with Gasteiger partial charge in [0.15, 0.2) is 11.6 Å². The van der Waals surface area contributed by atoms with E-state index >= 15 is 0 Å². The van der Waals surface area contributed by atoms with Gasteiger partial charge in [-0.1, -0.05) is 62.4 Å². The molecule has 1 atom stereocenters. The Morgan fingerprint density at radius 2 is 1.51 bits per heavy atom. The summed E-state index contributed by atoms with van der Waals surface area (Å²) in [7, 11) is 0. The maximum absolute atomic E-state index is 13.7. The molecule has 0 saturated carbocycles. The van der Waals surface area contributed by atoms with Crippen LogP contribution < -0.4 is 5.32 Å². The molecule has 41 heavy (non-hydrogen) atoms. The van der Waals surface area contributed by atoms with Crippen molar-refractivity contribution in [3.8, 4) is 0 Å². The molecule has 0 saturated heterocycles. The number of Topliss-reactive ketones (excluding diaryl/α,β-unsaturated/α-hetero) is 2. The van der Waals surface area contributed by atoms with Crippen molar-refractivity contribution >= 4 is 35.2 Å². The molecule has 0 spiro atoms. The molecule has 3 aromatic rings. The summed E-state index contributed by atoms with van der Waals surface area (Å²) in [6, 6.07) is 18.3. The van der Waals surface area contributed by atoms with Crippen molar-refractivity contribution in [1.29, 1.82) is 0 Å². The summed E-state index contributed by atoms with van der Waals surface area (Å²) in [6.07, 6.45) is 0.302. The molecule has 1 unspecified atom stereocenters. The summed E-state index contributed by atoms with van der Waals surface area (Å²) >= 11 is -0.322. The Morgan fingerprint density at radius 1 is 0.878 bits per heavy atom. The first kappa shape index (κ1) is 31.6. The molecule has 0 fully saturated rings. The van der Waals surface area contributed by atoms with Crippen molar-refractivity contribution in [1.82, 2.24) is 5.32 Å². The summed E-state index contributed by atoms with van der Waals surface area (Å²) in [4.78, 5) is 49.9. The predicted octanol–water partition coefficient (Wildman–Crippen LogP) is 6.94. The lowest BCUT2D eigenvalue weighted by Crippen LogP contribution is -2.26. The van der Waals surface area contributed by atoms with E-state index in [9.17, 15) is 32.3 Å². The molecule has 0 radical (unpaired) electrons. The fourth-order valence-electron chi connectivity index (χ4n) is 4.26. The van der Waals surface area contributed by atoms with Crippen LogP contribution in [-0.4, -0.2) is 40.6 Å². The summed E-state index contributed by atoms with van der Waals surface area (Å²) in [5.41, 5.74) is -2.32. The van der Waals surface area contributed by atoms with Crippen molar-refractivity contribution in [3.05, 3.63) is 101 Å². The highest BCUT2D eigenvalue weighted by atomic mass is 32.2. The van der Waals surface area contributed by atoms with Gasteiger partial charge >= 0.3 is 11.5 Å². The van der Waals surface area contributed by atoms with E-state index in [2.05, 4.69) is 19.2 Å². The molecule has 0 aliphatic heterocycles. The molecular weight excluding hydrogens is 555 g/mol. The van der Waals surface area contributed by atoms with Gasteiger partial charge in [0.1, 0.15) is 0 Å². The van der Waals surface area contributed by atoms with Crippen LogP contribution in [0.2, 0.25) is 0 Å². The molecule has 6 nitrogen and oxygen atoms in total. The smallest absolute Gasteiger partial charge is 0.446 e. The zero-order chi connectivity index (χ0) is 30.2. The SMILES string of the molecule is CC(C)Cc1ccc(C(=O)C(CC(=O)c2cccc(SC(F)(F)F)c2)c2ccc(C(=O)NCCC(=O)O)cc2)cc1. The van der Waals surface area contributed by atoms with Crippen LogP contribution in [0, 0.1) is 5.92 Å². The molecule has 216 valence electrons. The van der Waals surface area contributed by atoms with E-state index in [4.69, 9.17) is 5.11 Å². The van der Waals surface area contributed by atoms with E-state index in [1.807, 2.05) is 12.1 Å². The number of benzene rings is 3. The van der Waals surface area contributed by atoms with Crippen LogP contribution in [0.25, 0.3) is 0 Å². The Morgan fingerprint density at radius 3 is 2.10 bits per heavy atom. The van der Waals surface area contributed by atoms with Crippen molar-refractivity contribution in [2.75, 3.05) is 6.54 Å². The number of amides is 1. The van der Waals surface area contributed by atoms with Gasteiger partial charge in [0.05, 0.1) is 12.3 Å². The fourth-order valence-corrected chi connectivity index (χ4v) is 4.86. The third kappa shape index (κ3) is 9.89. The fraction of sp³-hybridized carbons (Fsp3) is 0.290. The minimum Gasteiger partial charge on any atom is -0.481 e. The van der Waals surface area contributed by atoms with Crippen molar-refractivity contribution in [3.63, 3.8) is 0 Å². The summed E-state index contributed by atoms with van der Waals surface area (Å²) < 4.78 is 38.6. The average Bonchev–Trinajstić information content (AvgIpc) is 2.90. The monoisotopic (exact) mass is 585 g/mol. The Kier molecular flexibility index (Phi) is 10.9. The number of rotatable bonds is 13. The van der Waals surface area contributed by atoms with Gasteiger partial charge in [-0.2, -0.15) is 13.2 Å². The number of halogens is 3. The number of carbonyl (C=O) groups is 4. The van der Waals surface area contributed by atoms with E-state index in [0.717, 1.165) is 18.1 Å². The second-order valence-electron chi connectivity index (χ2n) is 9.94. The molecule has 1 amide bonds. The van der Waals surface area contributed by atoms with E-state index in [1.54, 1.807) is 24.3 Å². The van der Waals surface area contributed by atoms with Crippen LogP contribution in [0.1, 0.15) is 74.8 Å². The predicted molar refractivity (Wildman–Crippen MR) is 150 cm³/mol. The topological polar surface area (TPSA) is 101 Å². The molecule has 2 N–H and O–H groups in total. The highest BCUT2D eigenvalue weighted by molar-refractivity contribution is 8.00. The summed E-state index contributed by atoms with van der Waals surface area (Å²) in [5, 5.41) is 11.2. The number of carboxylic acids is 1. The molecule has 0 aliphatic rings. The second-order valence-corrected chi connectivity index (χ2v) is 11.1. The number of nitrogens with one attached hydrogen (secondary N) is 1. The molecule has 10 heteroatoms. The van der Waals surface area contributed by atoms with Gasteiger partial charge in [0.25, 0.3) is 5.91 Å². The second kappa shape index (κ2) is 14.1. The molecule has 0 aromatic heterocycles. The zero-order valence-electron chi connectivity index (χ0n) is 22.5. The van der Waals surface area contributed by atoms with Gasteiger partial charge in [-0.3, -0.25) is 19.2 Å². The van der Waals surface area contributed by atoms with Crippen molar-refractivity contribution in [2.24, 2.45) is 5.92 Å². The maximum Gasteiger partial charge on any atom is 0.446 e. The van der Waals surface area contributed by atoms with Gasteiger partial charge in [0, 0.05) is 34.6 Å². The van der Waals surface area contributed by atoms with Gasteiger partial charge in [-0.25, -0.2) is 0 Å². The molecule has 0 aliphatic carbocycles. The number of carbonyl (C=O) groups excluding carboxylic acids is 3. The first-order valence-corrected chi connectivity index (χ1v) is 13.8. The van der Waals surface area contributed by atoms with Crippen molar-refractivity contribution in [2.45, 2.75) is 49.4 Å². The first-order chi connectivity index (χ1) is 19.3. The summed E-state index contributed by atoms with van der Waals surface area (Å²) in [5.74, 6) is -2.91. The quantitative estimate of drug-likeness (QED) is 0.167. The molecule has 3 aromatic carbocycles. The highest BCUT2D eigenvalue weighted by Gasteiger charge is 2.30. The molecule has 3 rings (SSSR count). The minimum absolute atomic E-state index is 0.0516. The number of alkyl halides is 3. The number of hydrogen-bond donors (Lipinski definition) is 2. The Hall–Kier alpha value is -3.92. The Balaban J connectivity index is 1.88. The van der Waals surface area contributed by atoms with Crippen molar-refractivity contribution < 1.29 is 37.5 Å². The van der Waals surface area contributed by atoms with Gasteiger partial charge in [-0.15, -0.1) is 0 Å². The van der Waals surface area contributed by atoms with E-state index in [0.29, 0.717) is 17.0 Å². The third-order valence-electron chi connectivity index (χ3n) is 6.18. The van der Waals surface area contributed by atoms with Crippen LogP contribution in [0.15, 0.2) is 77.7 Å². The lowest BCUT2D eigenvalue weighted by Gasteiger charge is -2.17. The van der Waals surface area contributed by atoms with Gasteiger partial charge in [-0.05, 0) is 59.5 Å².